The van der Waals surface area contributed by atoms with Crippen molar-refractivity contribution in [2.24, 2.45) is 7.05 Å². The van der Waals surface area contributed by atoms with Gasteiger partial charge in [-0.25, -0.2) is 9.97 Å². The molecule has 0 unspecified atom stereocenters. The minimum atomic E-state index is 0.532. The summed E-state index contributed by atoms with van der Waals surface area (Å²) in [5.41, 5.74) is 2.62. The fourth-order valence-corrected chi connectivity index (χ4v) is 3.72. The highest BCUT2D eigenvalue weighted by Crippen LogP contribution is 2.31. The van der Waals surface area contributed by atoms with Gasteiger partial charge in [-0.05, 0) is 46.0 Å². The van der Waals surface area contributed by atoms with E-state index in [0.29, 0.717) is 11.9 Å². The van der Waals surface area contributed by atoms with Gasteiger partial charge in [-0.3, -0.25) is 9.67 Å². The largest absolute Gasteiger partial charge is 0.354 e. The second kappa shape index (κ2) is 6.64. The summed E-state index contributed by atoms with van der Waals surface area (Å²) in [5.74, 6) is 1.64. The Bertz CT molecular complexity index is 917. The lowest BCUT2D eigenvalue weighted by molar-refractivity contribution is 0.257. The van der Waals surface area contributed by atoms with Gasteiger partial charge in [0.15, 0.2) is 11.5 Å². The van der Waals surface area contributed by atoms with Crippen LogP contribution in [-0.2, 0) is 7.05 Å². The quantitative estimate of drug-likeness (QED) is 0.721. The third-order valence-electron chi connectivity index (χ3n) is 5.16. The molecule has 1 aliphatic rings. The number of hydrogen-bond acceptors (Lipinski definition) is 6. The Morgan fingerprint density at radius 3 is 2.77 bits per heavy atom. The van der Waals surface area contributed by atoms with E-state index >= 15 is 0 Å². The summed E-state index contributed by atoms with van der Waals surface area (Å²) in [7, 11) is 6.24. The molecule has 1 fully saturated rings. The van der Waals surface area contributed by atoms with Gasteiger partial charge in [-0.1, -0.05) is 6.07 Å². The molecule has 0 saturated carbocycles. The molecule has 0 aromatic carbocycles. The van der Waals surface area contributed by atoms with Crippen molar-refractivity contribution < 1.29 is 0 Å². The third kappa shape index (κ3) is 2.92. The molecule has 3 aromatic heterocycles. The summed E-state index contributed by atoms with van der Waals surface area (Å²) in [6.07, 6.45) is 4.16. The summed E-state index contributed by atoms with van der Waals surface area (Å²) in [4.78, 5) is 18.8. The first kappa shape index (κ1) is 16.9. The molecule has 26 heavy (non-hydrogen) atoms. The molecule has 0 spiro atoms. The molecule has 1 aliphatic heterocycles. The van der Waals surface area contributed by atoms with Gasteiger partial charge in [-0.2, -0.15) is 5.10 Å². The predicted molar refractivity (Wildman–Crippen MR) is 103 cm³/mol. The molecule has 7 nitrogen and oxygen atoms in total. The molecule has 0 radical (unpaired) electrons. The highest BCUT2D eigenvalue weighted by Gasteiger charge is 2.26. The van der Waals surface area contributed by atoms with E-state index in [2.05, 4.69) is 34.0 Å². The minimum Gasteiger partial charge on any atom is -0.354 e. The Balaban J connectivity index is 1.87. The number of anilines is 1. The Labute approximate surface area is 153 Å². The van der Waals surface area contributed by atoms with Gasteiger partial charge >= 0.3 is 0 Å². The van der Waals surface area contributed by atoms with Crippen molar-refractivity contribution in [1.82, 2.24) is 29.6 Å². The number of hydrogen-bond donors (Lipinski definition) is 0. The van der Waals surface area contributed by atoms with Crippen molar-refractivity contribution in [3.63, 3.8) is 0 Å². The molecule has 136 valence electrons. The number of aromatic nitrogens is 5. The molecule has 4 rings (SSSR count). The molecule has 0 amide bonds. The third-order valence-corrected chi connectivity index (χ3v) is 5.16. The molecule has 0 aliphatic carbocycles. The van der Waals surface area contributed by atoms with Gasteiger partial charge in [0.05, 0.1) is 11.1 Å². The Morgan fingerprint density at radius 1 is 1.19 bits per heavy atom. The summed E-state index contributed by atoms with van der Waals surface area (Å²) >= 11 is 0. The van der Waals surface area contributed by atoms with Crippen molar-refractivity contribution in [3.8, 4) is 11.5 Å². The highest BCUT2D eigenvalue weighted by atomic mass is 15.3. The molecule has 1 saturated heterocycles. The van der Waals surface area contributed by atoms with Crippen molar-refractivity contribution in [2.75, 3.05) is 32.1 Å². The van der Waals surface area contributed by atoms with E-state index in [0.717, 1.165) is 47.7 Å². The molecule has 3 aromatic rings. The van der Waals surface area contributed by atoms with E-state index in [1.165, 1.54) is 6.42 Å². The Morgan fingerprint density at radius 2 is 2.04 bits per heavy atom. The van der Waals surface area contributed by atoms with Crippen molar-refractivity contribution in [2.45, 2.75) is 25.8 Å². The lowest BCUT2D eigenvalue weighted by atomic mass is 10.0. The first-order chi connectivity index (χ1) is 12.5. The molecule has 4 heterocycles. The Hall–Kier alpha value is -2.54. The summed E-state index contributed by atoms with van der Waals surface area (Å²) in [6.45, 7) is 4.00. The van der Waals surface area contributed by atoms with E-state index in [9.17, 15) is 0 Å². The second-order valence-electron chi connectivity index (χ2n) is 7.20. The van der Waals surface area contributed by atoms with Crippen LogP contribution >= 0.6 is 0 Å². The predicted octanol–water partition coefficient (Wildman–Crippen LogP) is 2.26. The fourth-order valence-electron chi connectivity index (χ4n) is 3.72. The number of aryl methyl sites for hydroxylation is 2. The van der Waals surface area contributed by atoms with Gasteiger partial charge in [0.1, 0.15) is 11.5 Å². The zero-order chi connectivity index (χ0) is 18.3. The first-order valence-corrected chi connectivity index (χ1v) is 9.08. The molecule has 1 atom stereocenters. The molecular formula is C19H25N7. The van der Waals surface area contributed by atoms with Crippen LogP contribution in [0.3, 0.4) is 0 Å². The van der Waals surface area contributed by atoms with Crippen molar-refractivity contribution in [1.29, 1.82) is 0 Å². The average molecular weight is 351 g/mol. The average Bonchev–Trinajstić information content (AvgIpc) is 2.96. The van der Waals surface area contributed by atoms with Crippen LogP contribution < -0.4 is 4.90 Å². The van der Waals surface area contributed by atoms with Gasteiger partial charge < -0.3 is 9.80 Å². The number of piperidine rings is 1. The summed E-state index contributed by atoms with van der Waals surface area (Å²) in [6, 6.07) is 6.35. The van der Waals surface area contributed by atoms with Crippen LogP contribution in [0.5, 0.6) is 0 Å². The smallest absolute Gasteiger partial charge is 0.182 e. The number of likely N-dealkylation sites (N-methyl/N-ethyl adjacent to an activating group) is 1. The molecule has 0 N–H and O–H groups in total. The maximum absolute atomic E-state index is 4.94. The SMILES string of the molecule is Cc1nn(C)c2nc(-c3ccccn3)nc(N3CCC[C@H](N(C)C)C3)c12. The van der Waals surface area contributed by atoms with Crippen LogP contribution in [0.15, 0.2) is 24.4 Å². The van der Waals surface area contributed by atoms with Crippen LogP contribution in [0.25, 0.3) is 22.6 Å². The summed E-state index contributed by atoms with van der Waals surface area (Å²) < 4.78 is 1.84. The number of rotatable bonds is 3. The molecule has 0 bridgehead atoms. The van der Waals surface area contributed by atoms with Gasteiger partial charge in [0.25, 0.3) is 0 Å². The number of pyridine rings is 1. The van der Waals surface area contributed by atoms with Crippen LogP contribution in [0, 0.1) is 6.92 Å². The van der Waals surface area contributed by atoms with E-state index in [4.69, 9.17) is 9.97 Å². The maximum Gasteiger partial charge on any atom is 0.182 e. The van der Waals surface area contributed by atoms with Gasteiger partial charge in [0, 0.05) is 32.4 Å². The zero-order valence-corrected chi connectivity index (χ0v) is 15.8. The second-order valence-corrected chi connectivity index (χ2v) is 7.20. The molecular weight excluding hydrogens is 326 g/mol. The lowest BCUT2D eigenvalue weighted by Gasteiger charge is -2.37. The van der Waals surface area contributed by atoms with E-state index in [1.807, 2.05) is 36.9 Å². The highest BCUT2D eigenvalue weighted by molar-refractivity contribution is 5.91. The fraction of sp³-hybridized carbons (Fsp3) is 0.474. The first-order valence-electron chi connectivity index (χ1n) is 9.08. The topological polar surface area (TPSA) is 63.0 Å². The summed E-state index contributed by atoms with van der Waals surface area (Å²) in [5, 5.41) is 5.64. The monoisotopic (exact) mass is 351 g/mol. The lowest BCUT2D eigenvalue weighted by Crippen LogP contribution is -2.45. The minimum absolute atomic E-state index is 0.532. The van der Waals surface area contributed by atoms with Crippen LogP contribution in [0.2, 0.25) is 0 Å². The van der Waals surface area contributed by atoms with Crippen LogP contribution in [-0.4, -0.2) is 62.9 Å². The number of nitrogens with zero attached hydrogens (tertiary/aromatic N) is 7. The molecule has 7 heteroatoms. The van der Waals surface area contributed by atoms with E-state index in [-0.39, 0.29) is 0 Å². The standard InChI is InChI=1S/C19H25N7/c1-13-16-18(25(4)23-13)21-17(15-9-5-6-10-20-15)22-19(16)26-11-7-8-14(12-26)24(2)3/h5-6,9-10,14H,7-8,11-12H2,1-4H3/t14-/m0/s1. The maximum atomic E-state index is 4.94. The van der Waals surface area contributed by atoms with Crippen molar-refractivity contribution in [3.05, 3.63) is 30.1 Å². The van der Waals surface area contributed by atoms with Crippen LogP contribution in [0.1, 0.15) is 18.5 Å². The van der Waals surface area contributed by atoms with Gasteiger partial charge in [-0.15, -0.1) is 0 Å². The zero-order valence-electron chi connectivity index (χ0n) is 15.8. The van der Waals surface area contributed by atoms with Crippen molar-refractivity contribution >= 4 is 16.9 Å². The Kier molecular flexibility index (Phi) is 4.32. The number of fused-ring (bicyclic) bond motifs is 1. The normalized spacial score (nSPS) is 18.0. The van der Waals surface area contributed by atoms with Crippen LogP contribution in [0.4, 0.5) is 5.82 Å². The van der Waals surface area contributed by atoms with E-state index in [1.54, 1.807) is 6.20 Å². The van der Waals surface area contributed by atoms with E-state index < -0.39 is 0 Å². The van der Waals surface area contributed by atoms with Gasteiger partial charge in [0.2, 0.25) is 0 Å².